The normalized spacial score (nSPS) is 26.0. The first-order valence-corrected chi connectivity index (χ1v) is 6.02. The minimum absolute atomic E-state index is 0.529. The minimum Gasteiger partial charge on any atom is -0.325 e. The molecule has 0 amide bonds. The molecule has 1 fully saturated rings. The molecule has 7 heteroatoms. The first kappa shape index (κ1) is 11.8. The lowest BCUT2D eigenvalue weighted by Crippen LogP contribution is -2.53. The van der Waals surface area contributed by atoms with Crippen LogP contribution < -0.4 is 5.73 Å². The van der Waals surface area contributed by atoms with Gasteiger partial charge in [-0.05, 0) is 0 Å². The number of nitrogens with two attached hydrogens (primary N) is 1. The van der Waals surface area contributed by atoms with Crippen LogP contribution >= 0.6 is 0 Å². The van der Waals surface area contributed by atoms with E-state index in [-0.39, 0.29) is 0 Å². The van der Waals surface area contributed by atoms with Crippen molar-refractivity contribution in [2.24, 2.45) is 5.73 Å². The summed E-state index contributed by atoms with van der Waals surface area (Å²) in [6.07, 6.45) is -1.33. The van der Waals surface area contributed by atoms with E-state index in [2.05, 4.69) is 0 Å². The third-order valence-corrected chi connectivity index (χ3v) is 4.18. The monoisotopic (exact) mass is 231 g/mol. The van der Waals surface area contributed by atoms with E-state index in [1.165, 1.54) is 0 Å². The summed E-state index contributed by atoms with van der Waals surface area (Å²) < 4.78 is 61.4. The average Bonchev–Trinajstić information content (AvgIpc) is 2.10. The Morgan fingerprint density at radius 2 is 1.71 bits per heavy atom. The highest BCUT2D eigenvalue weighted by Crippen LogP contribution is 2.40. The third kappa shape index (κ3) is 2.03. The fraction of sp³-hybridized carbons (Fsp3) is 1.00. The molecule has 14 heavy (non-hydrogen) atoms. The second-order valence-electron chi connectivity index (χ2n) is 3.53. The van der Waals surface area contributed by atoms with Gasteiger partial charge in [-0.2, -0.15) is 0 Å². The predicted octanol–water partition coefficient (Wildman–Crippen LogP) is 0.497. The van der Waals surface area contributed by atoms with E-state index in [9.17, 15) is 21.6 Å². The van der Waals surface area contributed by atoms with Crippen molar-refractivity contribution >= 4 is 9.84 Å². The number of hydrogen-bond donors (Lipinski definition) is 1. The summed E-state index contributed by atoms with van der Waals surface area (Å²) in [7, 11) is -3.34. The second-order valence-corrected chi connectivity index (χ2v) is 5.83. The quantitative estimate of drug-likeness (QED) is 0.752. The second kappa shape index (κ2) is 3.37. The highest BCUT2D eigenvalue weighted by atomic mass is 32.2. The number of alkyl halides is 3. The summed E-state index contributed by atoms with van der Waals surface area (Å²) in [4.78, 5) is 0. The van der Waals surface area contributed by atoms with Crippen LogP contribution in [0, 0.1) is 0 Å². The third-order valence-electron chi connectivity index (χ3n) is 2.53. The maximum absolute atomic E-state index is 13.6. The molecule has 1 heterocycles. The van der Waals surface area contributed by atoms with Gasteiger partial charge in [0.2, 0.25) is 0 Å². The molecule has 0 aromatic heterocycles. The Bertz CT molecular complexity index is 301. The molecule has 2 N–H and O–H groups in total. The van der Waals surface area contributed by atoms with Crippen molar-refractivity contribution in [2.45, 2.75) is 24.4 Å². The van der Waals surface area contributed by atoms with Crippen molar-refractivity contribution in [3.8, 4) is 0 Å². The lowest BCUT2D eigenvalue weighted by molar-refractivity contribution is -0.134. The molecule has 1 saturated heterocycles. The highest BCUT2D eigenvalue weighted by molar-refractivity contribution is 7.91. The number of halogens is 3. The molecular weight excluding hydrogens is 219 g/mol. The first-order chi connectivity index (χ1) is 6.22. The molecule has 0 aromatic carbocycles. The molecule has 0 aromatic rings. The van der Waals surface area contributed by atoms with Crippen LogP contribution in [-0.2, 0) is 9.84 Å². The largest absolute Gasteiger partial charge is 0.325 e. The van der Waals surface area contributed by atoms with Gasteiger partial charge in [-0.25, -0.2) is 21.6 Å². The molecule has 0 saturated carbocycles. The summed E-state index contributed by atoms with van der Waals surface area (Å²) in [5.74, 6) is -4.69. The van der Waals surface area contributed by atoms with E-state index < -0.39 is 52.3 Å². The Morgan fingerprint density at radius 3 is 2.07 bits per heavy atom. The van der Waals surface area contributed by atoms with Gasteiger partial charge in [0.05, 0.1) is 18.1 Å². The molecule has 0 atom stereocenters. The minimum atomic E-state index is -3.64. The predicted molar refractivity (Wildman–Crippen MR) is 45.7 cm³/mol. The fourth-order valence-corrected chi connectivity index (χ4v) is 2.88. The molecule has 0 spiro atoms. The van der Waals surface area contributed by atoms with Gasteiger partial charge in [0.25, 0.3) is 5.92 Å². The van der Waals surface area contributed by atoms with E-state index in [0.717, 1.165) is 0 Å². The van der Waals surface area contributed by atoms with Crippen LogP contribution in [0.3, 0.4) is 0 Å². The Kier molecular flexibility index (Phi) is 2.84. The zero-order valence-electron chi connectivity index (χ0n) is 7.47. The molecule has 84 valence electrons. The number of hydrogen-bond acceptors (Lipinski definition) is 3. The SMILES string of the molecule is NCC(F)(F)C1(F)CCS(=O)(=O)CC1. The van der Waals surface area contributed by atoms with Crippen LogP contribution in [0.1, 0.15) is 12.8 Å². The van der Waals surface area contributed by atoms with Gasteiger partial charge >= 0.3 is 0 Å². The standard InChI is InChI=1S/C7H12F3NO2S/c8-6(7(9,10)5-11)1-3-14(12,13)4-2-6/h1-5,11H2. The molecule has 0 bridgehead atoms. The maximum Gasteiger partial charge on any atom is 0.293 e. The van der Waals surface area contributed by atoms with Gasteiger partial charge in [0, 0.05) is 12.8 Å². The van der Waals surface area contributed by atoms with Crippen molar-refractivity contribution in [3.05, 3.63) is 0 Å². The van der Waals surface area contributed by atoms with Gasteiger partial charge < -0.3 is 5.73 Å². The molecular formula is C7H12F3NO2S. The maximum atomic E-state index is 13.6. The molecule has 3 nitrogen and oxygen atoms in total. The summed E-state index contributed by atoms with van der Waals surface area (Å²) in [5.41, 5.74) is 1.99. The molecule has 0 unspecified atom stereocenters. The summed E-state index contributed by atoms with van der Waals surface area (Å²) in [6, 6.07) is 0. The van der Waals surface area contributed by atoms with Gasteiger partial charge in [-0.3, -0.25) is 0 Å². The highest BCUT2D eigenvalue weighted by Gasteiger charge is 2.55. The van der Waals surface area contributed by atoms with Crippen LogP contribution in [0.2, 0.25) is 0 Å². The van der Waals surface area contributed by atoms with Crippen molar-refractivity contribution in [1.82, 2.24) is 0 Å². The molecule has 0 radical (unpaired) electrons. The van der Waals surface area contributed by atoms with Crippen LogP contribution in [-0.4, -0.2) is 38.1 Å². The van der Waals surface area contributed by atoms with Crippen LogP contribution in [0.5, 0.6) is 0 Å². The van der Waals surface area contributed by atoms with Crippen LogP contribution in [0.4, 0.5) is 13.2 Å². The van der Waals surface area contributed by atoms with Crippen LogP contribution in [0.25, 0.3) is 0 Å². The van der Waals surface area contributed by atoms with E-state index in [1.54, 1.807) is 0 Å². The molecule has 1 rings (SSSR count). The average molecular weight is 231 g/mol. The summed E-state index contributed by atoms with van der Waals surface area (Å²) >= 11 is 0. The van der Waals surface area contributed by atoms with E-state index in [0.29, 0.717) is 0 Å². The van der Waals surface area contributed by atoms with E-state index >= 15 is 0 Å². The Balaban J connectivity index is 2.81. The van der Waals surface area contributed by atoms with Crippen molar-refractivity contribution < 1.29 is 21.6 Å². The van der Waals surface area contributed by atoms with Crippen molar-refractivity contribution in [1.29, 1.82) is 0 Å². The number of sulfone groups is 1. The smallest absolute Gasteiger partial charge is 0.293 e. The Morgan fingerprint density at radius 1 is 1.29 bits per heavy atom. The first-order valence-electron chi connectivity index (χ1n) is 4.20. The molecule has 1 aliphatic rings. The lowest BCUT2D eigenvalue weighted by Gasteiger charge is -2.35. The van der Waals surface area contributed by atoms with E-state index in [4.69, 9.17) is 5.73 Å². The Hall–Kier alpha value is -0.300. The topological polar surface area (TPSA) is 60.2 Å². The summed E-state index contributed by atoms with van der Waals surface area (Å²) in [6.45, 7) is -1.09. The fourth-order valence-electron chi connectivity index (χ4n) is 1.41. The van der Waals surface area contributed by atoms with Gasteiger partial charge in [0.1, 0.15) is 0 Å². The van der Waals surface area contributed by atoms with Gasteiger partial charge in [-0.15, -0.1) is 0 Å². The zero-order chi connectivity index (χ0) is 11.0. The van der Waals surface area contributed by atoms with Crippen LogP contribution in [0.15, 0.2) is 0 Å². The molecule has 0 aliphatic carbocycles. The van der Waals surface area contributed by atoms with Crippen molar-refractivity contribution in [2.75, 3.05) is 18.1 Å². The number of rotatable bonds is 2. The zero-order valence-corrected chi connectivity index (χ0v) is 8.29. The van der Waals surface area contributed by atoms with Gasteiger partial charge in [-0.1, -0.05) is 0 Å². The Labute approximate surface area is 80.4 Å². The lowest BCUT2D eigenvalue weighted by atomic mass is 9.91. The van der Waals surface area contributed by atoms with Crippen molar-refractivity contribution in [3.63, 3.8) is 0 Å². The van der Waals surface area contributed by atoms with Gasteiger partial charge in [0.15, 0.2) is 15.5 Å². The molecule has 1 aliphatic heterocycles. The summed E-state index contributed by atoms with van der Waals surface area (Å²) in [5, 5.41) is 0. The van der Waals surface area contributed by atoms with E-state index in [1.807, 2.05) is 0 Å².